The van der Waals surface area contributed by atoms with Gasteiger partial charge in [-0.25, -0.2) is 4.79 Å². The average molecular weight is 433 g/mol. The molecule has 3 amide bonds. The molecule has 0 radical (unpaired) electrons. The smallest absolute Gasteiger partial charge is 0.326 e. The molecule has 12 N–H and O–H groups in total. The van der Waals surface area contributed by atoms with Gasteiger partial charge in [-0.2, -0.15) is 0 Å². The fourth-order valence-corrected chi connectivity index (χ4v) is 2.18. The van der Waals surface area contributed by atoms with Gasteiger partial charge < -0.3 is 48.5 Å². The van der Waals surface area contributed by atoms with Gasteiger partial charge in [0.05, 0.1) is 18.8 Å². The van der Waals surface area contributed by atoms with E-state index in [4.69, 9.17) is 17.2 Å². The summed E-state index contributed by atoms with van der Waals surface area (Å²) in [5, 5.41) is 35.0. The van der Waals surface area contributed by atoms with Crippen molar-refractivity contribution in [2.45, 2.75) is 57.0 Å². The van der Waals surface area contributed by atoms with Crippen molar-refractivity contribution in [1.29, 1.82) is 0 Å². The first-order valence-electron chi connectivity index (χ1n) is 9.14. The minimum Gasteiger partial charge on any atom is -0.480 e. The van der Waals surface area contributed by atoms with E-state index < -0.39 is 60.6 Å². The third kappa shape index (κ3) is 9.99. The SMILES string of the molecule is CC(N)C(=O)NC(C(=O)NC(CO)C(=O)NC(CCCN=C(N)N)C(=O)O)C(C)O. The molecule has 14 nitrogen and oxygen atoms in total. The quantitative estimate of drug-likeness (QED) is 0.0761. The van der Waals surface area contributed by atoms with Crippen LogP contribution in [0.3, 0.4) is 0 Å². The lowest BCUT2D eigenvalue weighted by molar-refractivity contribution is -0.143. The van der Waals surface area contributed by atoms with Gasteiger partial charge in [0.2, 0.25) is 17.7 Å². The van der Waals surface area contributed by atoms with Crippen LogP contribution in [-0.4, -0.2) is 88.4 Å². The number of aliphatic imine (C=N–C) groups is 1. The van der Waals surface area contributed by atoms with Gasteiger partial charge in [0.1, 0.15) is 18.1 Å². The number of carboxylic acids is 1. The van der Waals surface area contributed by atoms with Gasteiger partial charge in [0.15, 0.2) is 5.96 Å². The van der Waals surface area contributed by atoms with Crippen LogP contribution in [0, 0.1) is 0 Å². The van der Waals surface area contributed by atoms with E-state index in [1.165, 1.54) is 13.8 Å². The van der Waals surface area contributed by atoms with Crippen molar-refractivity contribution >= 4 is 29.7 Å². The van der Waals surface area contributed by atoms with E-state index in [-0.39, 0.29) is 25.3 Å². The van der Waals surface area contributed by atoms with Crippen LogP contribution in [0.5, 0.6) is 0 Å². The molecule has 0 spiro atoms. The number of hydrogen-bond acceptors (Lipinski definition) is 8. The molecule has 0 rings (SSSR count). The number of aliphatic carboxylic acids is 1. The van der Waals surface area contributed by atoms with Gasteiger partial charge in [0, 0.05) is 6.54 Å². The van der Waals surface area contributed by atoms with E-state index in [0.717, 1.165) is 0 Å². The van der Waals surface area contributed by atoms with E-state index in [1.54, 1.807) is 0 Å². The molecule has 5 unspecified atom stereocenters. The van der Waals surface area contributed by atoms with Crippen LogP contribution in [0.1, 0.15) is 26.7 Å². The van der Waals surface area contributed by atoms with Crippen molar-refractivity contribution in [1.82, 2.24) is 16.0 Å². The van der Waals surface area contributed by atoms with Gasteiger partial charge in [-0.05, 0) is 26.7 Å². The molecule has 0 bridgehead atoms. The van der Waals surface area contributed by atoms with Crippen molar-refractivity contribution in [3.8, 4) is 0 Å². The number of amides is 3. The molecule has 0 heterocycles. The third-order valence-corrected chi connectivity index (χ3v) is 3.85. The second kappa shape index (κ2) is 13.3. The van der Waals surface area contributed by atoms with Crippen LogP contribution in [0.2, 0.25) is 0 Å². The van der Waals surface area contributed by atoms with E-state index >= 15 is 0 Å². The maximum atomic E-state index is 12.3. The molecule has 0 fully saturated rings. The highest BCUT2D eigenvalue weighted by atomic mass is 16.4. The summed E-state index contributed by atoms with van der Waals surface area (Å²) in [6, 6.07) is -5.24. The molecule has 0 aliphatic rings. The predicted octanol–water partition coefficient (Wildman–Crippen LogP) is -4.70. The van der Waals surface area contributed by atoms with Gasteiger partial charge in [-0.3, -0.25) is 19.4 Å². The van der Waals surface area contributed by atoms with E-state index in [9.17, 15) is 34.5 Å². The Morgan fingerprint density at radius 2 is 1.53 bits per heavy atom. The predicted molar refractivity (Wildman–Crippen MR) is 106 cm³/mol. The number of carbonyl (C=O) groups is 4. The van der Waals surface area contributed by atoms with Crippen molar-refractivity contribution in [2.24, 2.45) is 22.2 Å². The number of carboxylic acid groups (broad SMARTS) is 1. The van der Waals surface area contributed by atoms with Crippen LogP contribution in [0.25, 0.3) is 0 Å². The minimum absolute atomic E-state index is 0.00923. The Hall–Kier alpha value is -2.97. The van der Waals surface area contributed by atoms with Crippen LogP contribution in [0.15, 0.2) is 4.99 Å². The van der Waals surface area contributed by atoms with E-state index in [2.05, 4.69) is 20.9 Å². The first kappa shape index (κ1) is 27.0. The van der Waals surface area contributed by atoms with Crippen molar-refractivity contribution < 1.29 is 34.5 Å². The number of hydrogen-bond donors (Lipinski definition) is 9. The van der Waals surface area contributed by atoms with Crippen LogP contribution in [-0.2, 0) is 19.2 Å². The second-order valence-corrected chi connectivity index (χ2v) is 6.61. The van der Waals surface area contributed by atoms with Crippen LogP contribution in [0.4, 0.5) is 0 Å². The molecule has 0 aliphatic heterocycles. The number of aliphatic hydroxyl groups excluding tert-OH is 2. The molecule has 172 valence electrons. The monoisotopic (exact) mass is 433 g/mol. The number of rotatable bonds is 13. The molecule has 5 atom stereocenters. The standard InChI is InChI=1S/C16H31N7O7/c1-7(17)12(26)23-11(8(2)25)14(28)22-10(6-24)13(27)21-9(15(29)30)4-3-5-20-16(18)19/h7-11,24-25H,3-6,17H2,1-2H3,(H,21,27)(H,22,28)(H,23,26)(H,29,30)(H4,18,19,20). The van der Waals surface area contributed by atoms with Crippen LogP contribution < -0.4 is 33.2 Å². The fourth-order valence-electron chi connectivity index (χ4n) is 2.18. The molecule has 0 aromatic carbocycles. The Kier molecular flexibility index (Phi) is 12.0. The van der Waals surface area contributed by atoms with Crippen LogP contribution >= 0.6 is 0 Å². The lowest BCUT2D eigenvalue weighted by Crippen LogP contribution is -2.60. The first-order valence-corrected chi connectivity index (χ1v) is 9.14. The van der Waals surface area contributed by atoms with Crippen molar-refractivity contribution in [3.63, 3.8) is 0 Å². The molecule has 14 heteroatoms. The topological polar surface area (TPSA) is 255 Å². The summed E-state index contributed by atoms with van der Waals surface area (Å²) in [5.74, 6) is -4.14. The normalized spacial score (nSPS) is 15.6. The zero-order chi connectivity index (χ0) is 23.4. The molecule has 30 heavy (non-hydrogen) atoms. The summed E-state index contributed by atoms with van der Waals surface area (Å²) in [6.45, 7) is 1.90. The average Bonchev–Trinajstić information content (AvgIpc) is 2.64. The molecular formula is C16H31N7O7. The zero-order valence-corrected chi connectivity index (χ0v) is 16.9. The zero-order valence-electron chi connectivity index (χ0n) is 16.9. The fraction of sp³-hybridized carbons (Fsp3) is 0.688. The summed E-state index contributed by atoms with van der Waals surface area (Å²) in [5.41, 5.74) is 15.7. The minimum atomic E-state index is -1.52. The molecular weight excluding hydrogens is 402 g/mol. The van der Waals surface area contributed by atoms with Gasteiger partial charge in [-0.15, -0.1) is 0 Å². The summed E-state index contributed by atoms with van der Waals surface area (Å²) < 4.78 is 0. The molecule has 0 aromatic heterocycles. The molecule has 0 aliphatic carbocycles. The Morgan fingerprint density at radius 1 is 0.967 bits per heavy atom. The lowest BCUT2D eigenvalue weighted by atomic mass is 10.1. The molecule has 0 saturated carbocycles. The highest BCUT2D eigenvalue weighted by molar-refractivity contribution is 5.94. The third-order valence-electron chi connectivity index (χ3n) is 3.85. The van der Waals surface area contributed by atoms with E-state index in [1.807, 2.05) is 0 Å². The molecule has 0 saturated heterocycles. The number of nitrogens with two attached hydrogens (primary N) is 3. The Morgan fingerprint density at radius 3 is 1.97 bits per heavy atom. The van der Waals surface area contributed by atoms with Crippen molar-refractivity contribution in [2.75, 3.05) is 13.2 Å². The van der Waals surface area contributed by atoms with E-state index in [0.29, 0.717) is 0 Å². The Balaban J connectivity index is 5.03. The number of nitrogens with one attached hydrogen (secondary N) is 3. The van der Waals surface area contributed by atoms with Gasteiger partial charge in [0.25, 0.3) is 0 Å². The number of carbonyl (C=O) groups excluding carboxylic acids is 3. The summed E-state index contributed by atoms with van der Waals surface area (Å²) in [6.07, 6.45) is -1.10. The maximum absolute atomic E-state index is 12.3. The first-order chi connectivity index (χ1) is 13.9. The van der Waals surface area contributed by atoms with Gasteiger partial charge in [-0.1, -0.05) is 0 Å². The highest BCUT2D eigenvalue weighted by Gasteiger charge is 2.31. The van der Waals surface area contributed by atoms with Gasteiger partial charge >= 0.3 is 5.97 Å². The summed E-state index contributed by atoms with van der Waals surface area (Å²) in [4.78, 5) is 51.4. The second-order valence-electron chi connectivity index (χ2n) is 6.61. The number of nitrogens with zero attached hydrogens (tertiary/aromatic N) is 1. The Labute approximate surface area is 173 Å². The maximum Gasteiger partial charge on any atom is 0.326 e. The Bertz CT molecular complexity index is 635. The molecule has 0 aromatic rings. The largest absolute Gasteiger partial charge is 0.480 e. The number of aliphatic hydroxyl groups is 2. The summed E-state index contributed by atoms with van der Waals surface area (Å²) >= 11 is 0. The highest BCUT2D eigenvalue weighted by Crippen LogP contribution is 2.01. The van der Waals surface area contributed by atoms with Crippen molar-refractivity contribution in [3.05, 3.63) is 0 Å². The number of guanidine groups is 1. The lowest BCUT2D eigenvalue weighted by Gasteiger charge is -2.25. The summed E-state index contributed by atoms with van der Waals surface area (Å²) in [7, 11) is 0.